The highest BCUT2D eigenvalue weighted by Gasteiger charge is 2.21. The number of amides is 1. The number of aryl methyl sites for hydroxylation is 1. The standard InChI is InChI=1S/C19H19ClFN5O2/c1-10-5-11(19(27)22-2)6-13(16(10)21)14-7-23-26-8-15(20)17(25-18(14)26)24-12-3-4-28-9-12/h5-8,12H,3-4,9H2,1-2H3,(H,22,27)(H,24,25). The third-order valence-corrected chi connectivity index (χ3v) is 5.03. The summed E-state index contributed by atoms with van der Waals surface area (Å²) in [6.45, 7) is 2.89. The van der Waals surface area contributed by atoms with Crippen LogP contribution in [0, 0.1) is 12.7 Å². The number of hydrogen-bond acceptors (Lipinski definition) is 5. The zero-order chi connectivity index (χ0) is 19.8. The van der Waals surface area contributed by atoms with Crippen molar-refractivity contribution in [1.29, 1.82) is 0 Å². The number of fused-ring (bicyclic) bond motifs is 1. The van der Waals surface area contributed by atoms with E-state index in [2.05, 4.69) is 20.7 Å². The number of rotatable bonds is 4. The van der Waals surface area contributed by atoms with Crippen LogP contribution in [0.1, 0.15) is 22.3 Å². The molecular formula is C19H19ClFN5O2. The molecule has 1 aliphatic rings. The molecule has 3 aromatic rings. The third-order valence-electron chi connectivity index (χ3n) is 4.75. The lowest BCUT2D eigenvalue weighted by molar-refractivity contribution is 0.0963. The lowest BCUT2D eigenvalue weighted by Crippen LogP contribution is -2.20. The quantitative estimate of drug-likeness (QED) is 0.699. The average molecular weight is 404 g/mol. The molecule has 2 aromatic heterocycles. The van der Waals surface area contributed by atoms with Crippen LogP contribution >= 0.6 is 11.6 Å². The van der Waals surface area contributed by atoms with Gasteiger partial charge in [0, 0.05) is 30.3 Å². The summed E-state index contributed by atoms with van der Waals surface area (Å²) in [5.41, 5.74) is 1.92. The van der Waals surface area contributed by atoms with Crippen molar-refractivity contribution in [1.82, 2.24) is 19.9 Å². The molecular weight excluding hydrogens is 385 g/mol. The maximum atomic E-state index is 14.9. The second-order valence-electron chi connectivity index (χ2n) is 6.70. The van der Waals surface area contributed by atoms with Crippen LogP contribution in [0.4, 0.5) is 10.2 Å². The minimum absolute atomic E-state index is 0.120. The Kier molecular flexibility index (Phi) is 4.91. The molecule has 9 heteroatoms. The fourth-order valence-corrected chi connectivity index (χ4v) is 3.45. The van der Waals surface area contributed by atoms with Crippen LogP contribution in [0.15, 0.2) is 24.5 Å². The first kappa shape index (κ1) is 18.6. The van der Waals surface area contributed by atoms with Gasteiger partial charge < -0.3 is 15.4 Å². The molecule has 0 spiro atoms. The number of halogens is 2. The Balaban J connectivity index is 1.83. The van der Waals surface area contributed by atoms with E-state index >= 15 is 0 Å². The summed E-state index contributed by atoms with van der Waals surface area (Å²) in [6.07, 6.45) is 4.00. The Morgan fingerprint density at radius 3 is 2.93 bits per heavy atom. The minimum atomic E-state index is -0.419. The number of ether oxygens (including phenoxy) is 1. The molecule has 1 aliphatic heterocycles. The molecule has 146 valence electrons. The molecule has 0 bridgehead atoms. The molecule has 7 nitrogen and oxygen atoms in total. The Bertz CT molecular complexity index is 1060. The van der Waals surface area contributed by atoms with Gasteiger partial charge in [0.15, 0.2) is 5.65 Å². The molecule has 1 saturated heterocycles. The van der Waals surface area contributed by atoms with Gasteiger partial charge in [-0.3, -0.25) is 4.79 Å². The van der Waals surface area contributed by atoms with Gasteiger partial charge in [-0.15, -0.1) is 0 Å². The maximum Gasteiger partial charge on any atom is 0.251 e. The summed E-state index contributed by atoms with van der Waals surface area (Å²) >= 11 is 6.33. The van der Waals surface area contributed by atoms with E-state index in [1.807, 2.05) is 0 Å². The maximum absolute atomic E-state index is 14.9. The van der Waals surface area contributed by atoms with E-state index in [0.717, 1.165) is 6.42 Å². The van der Waals surface area contributed by atoms with Gasteiger partial charge in [-0.2, -0.15) is 5.10 Å². The number of nitrogens with one attached hydrogen (secondary N) is 2. The number of carbonyl (C=O) groups is 1. The van der Waals surface area contributed by atoms with E-state index in [-0.39, 0.29) is 17.5 Å². The summed E-state index contributed by atoms with van der Waals surface area (Å²) in [5.74, 6) is -0.218. The Morgan fingerprint density at radius 1 is 1.39 bits per heavy atom. The van der Waals surface area contributed by atoms with E-state index in [0.29, 0.717) is 46.4 Å². The van der Waals surface area contributed by atoms with E-state index < -0.39 is 5.82 Å². The number of nitrogens with zero attached hydrogens (tertiary/aromatic N) is 3. The van der Waals surface area contributed by atoms with Gasteiger partial charge in [0.05, 0.1) is 25.0 Å². The van der Waals surface area contributed by atoms with Gasteiger partial charge in [0.25, 0.3) is 5.91 Å². The van der Waals surface area contributed by atoms with Crippen molar-refractivity contribution in [2.45, 2.75) is 19.4 Å². The average Bonchev–Trinajstić information content (AvgIpc) is 3.33. The molecule has 1 amide bonds. The van der Waals surface area contributed by atoms with Crippen LogP contribution in [0.5, 0.6) is 0 Å². The number of aromatic nitrogens is 3. The zero-order valence-electron chi connectivity index (χ0n) is 15.4. The van der Waals surface area contributed by atoms with Gasteiger partial charge in [0.1, 0.15) is 16.7 Å². The van der Waals surface area contributed by atoms with Crippen molar-refractivity contribution >= 4 is 29.0 Å². The van der Waals surface area contributed by atoms with E-state index in [1.165, 1.54) is 29.9 Å². The number of hydrogen-bond donors (Lipinski definition) is 2. The predicted octanol–water partition coefficient (Wildman–Crippen LogP) is 3.06. The highest BCUT2D eigenvalue weighted by atomic mass is 35.5. The fraction of sp³-hybridized carbons (Fsp3) is 0.316. The first-order chi connectivity index (χ1) is 13.5. The predicted molar refractivity (Wildman–Crippen MR) is 104 cm³/mol. The van der Waals surface area contributed by atoms with Crippen LogP contribution in [0.25, 0.3) is 16.8 Å². The normalized spacial score (nSPS) is 16.5. The summed E-state index contributed by atoms with van der Waals surface area (Å²) in [5, 5.41) is 10.5. The van der Waals surface area contributed by atoms with Crippen LogP contribution in [0.2, 0.25) is 5.02 Å². The molecule has 1 unspecified atom stereocenters. The summed E-state index contributed by atoms with van der Waals surface area (Å²) < 4.78 is 21.8. The molecule has 2 N–H and O–H groups in total. The Hall–Kier alpha value is -2.71. The van der Waals surface area contributed by atoms with Crippen LogP contribution in [-0.4, -0.2) is 46.8 Å². The van der Waals surface area contributed by atoms with E-state index in [9.17, 15) is 9.18 Å². The Labute approximate surface area is 165 Å². The molecule has 0 radical (unpaired) electrons. The van der Waals surface area contributed by atoms with Crippen LogP contribution in [0.3, 0.4) is 0 Å². The third kappa shape index (κ3) is 3.29. The smallest absolute Gasteiger partial charge is 0.251 e. The van der Waals surface area contributed by atoms with Crippen LogP contribution < -0.4 is 10.6 Å². The first-order valence-electron chi connectivity index (χ1n) is 8.88. The van der Waals surface area contributed by atoms with E-state index in [1.54, 1.807) is 13.1 Å². The van der Waals surface area contributed by atoms with E-state index in [4.69, 9.17) is 16.3 Å². The number of carbonyl (C=O) groups excluding carboxylic acids is 1. The number of benzene rings is 1. The summed E-state index contributed by atoms with van der Waals surface area (Å²) in [6, 6.07) is 3.14. The molecule has 28 heavy (non-hydrogen) atoms. The van der Waals surface area contributed by atoms with Gasteiger partial charge in [-0.25, -0.2) is 13.9 Å². The van der Waals surface area contributed by atoms with Crippen molar-refractivity contribution < 1.29 is 13.9 Å². The number of anilines is 1. The topological polar surface area (TPSA) is 80.6 Å². The molecule has 1 atom stereocenters. The minimum Gasteiger partial charge on any atom is -0.379 e. The zero-order valence-corrected chi connectivity index (χ0v) is 16.2. The Morgan fingerprint density at radius 2 is 2.21 bits per heavy atom. The van der Waals surface area contributed by atoms with Crippen LogP contribution in [-0.2, 0) is 4.74 Å². The van der Waals surface area contributed by atoms with Gasteiger partial charge in [0.2, 0.25) is 0 Å². The lowest BCUT2D eigenvalue weighted by atomic mass is 10.0. The van der Waals surface area contributed by atoms with Gasteiger partial charge >= 0.3 is 0 Å². The molecule has 1 aromatic carbocycles. The second kappa shape index (κ2) is 7.37. The lowest BCUT2D eigenvalue weighted by Gasteiger charge is -2.13. The first-order valence-corrected chi connectivity index (χ1v) is 9.26. The molecule has 0 saturated carbocycles. The van der Waals surface area contributed by atoms with Crippen molar-refractivity contribution in [3.05, 3.63) is 46.5 Å². The molecule has 0 aliphatic carbocycles. The fourth-order valence-electron chi connectivity index (χ4n) is 3.26. The molecule has 4 rings (SSSR count). The van der Waals surface area contributed by atoms with Crippen molar-refractivity contribution in [2.24, 2.45) is 0 Å². The van der Waals surface area contributed by atoms with Gasteiger partial charge in [-0.1, -0.05) is 11.6 Å². The molecule has 1 fully saturated rings. The monoisotopic (exact) mass is 403 g/mol. The second-order valence-corrected chi connectivity index (χ2v) is 7.11. The highest BCUT2D eigenvalue weighted by molar-refractivity contribution is 6.32. The largest absolute Gasteiger partial charge is 0.379 e. The van der Waals surface area contributed by atoms with Crippen molar-refractivity contribution in [3.8, 4) is 11.1 Å². The molecule has 3 heterocycles. The van der Waals surface area contributed by atoms with Gasteiger partial charge in [-0.05, 0) is 31.0 Å². The summed E-state index contributed by atoms with van der Waals surface area (Å²) in [4.78, 5) is 16.6. The summed E-state index contributed by atoms with van der Waals surface area (Å²) in [7, 11) is 1.53. The van der Waals surface area contributed by atoms with Crippen molar-refractivity contribution in [3.63, 3.8) is 0 Å². The highest BCUT2D eigenvalue weighted by Crippen LogP contribution is 2.31. The van der Waals surface area contributed by atoms with Crippen molar-refractivity contribution in [2.75, 3.05) is 25.6 Å². The SMILES string of the molecule is CNC(=O)c1cc(C)c(F)c(-c2cnn3cc(Cl)c(NC4CCOC4)nc23)c1.